The van der Waals surface area contributed by atoms with Crippen LogP contribution in [0, 0.1) is 11.8 Å². The quantitative estimate of drug-likeness (QED) is 0.127. The summed E-state index contributed by atoms with van der Waals surface area (Å²) in [6, 6.07) is 0. The maximum absolute atomic E-state index is 12.9. The number of carbonyl (C=O) groups excluding carboxylic acids is 1. The van der Waals surface area contributed by atoms with Crippen LogP contribution in [0.4, 0.5) is 0 Å². The van der Waals surface area contributed by atoms with Gasteiger partial charge in [0.05, 0.1) is 43.0 Å². The van der Waals surface area contributed by atoms with Crippen molar-refractivity contribution in [1.29, 1.82) is 0 Å². The van der Waals surface area contributed by atoms with Crippen LogP contribution >= 0.6 is 0 Å². The topological polar surface area (TPSA) is 236 Å². The number of hydrogen-bond donors (Lipinski definition) is 9. The molecule has 0 radical (unpaired) electrons. The predicted octanol–water partition coefficient (Wildman–Crippen LogP) is -3.17. The normalized spacial score (nSPS) is 49.7. The molecule has 0 aromatic rings. The summed E-state index contributed by atoms with van der Waals surface area (Å²) >= 11 is 0. The number of hydrogen-bond acceptors (Lipinski definition) is 14. The predicted molar refractivity (Wildman–Crippen MR) is 137 cm³/mol. The Labute approximate surface area is 237 Å². The average Bonchev–Trinajstić information content (AvgIpc) is 2.93. The highest BCUT2D eigenvalue weighted by atomic mass is 16.8. The van der Waals surface area contributed by atoms with E-state index in [1.54, 1.807) is 6.08 Å². The van der Waals surface area contributed by atoms with Crippen LogP contribution in [0.2, 0.25) is 0 Å². The van der Waals surface area contributed by atoms with E-state index in [1.807, 2.05) is 0 Å². The molecule has 9 N–H and O–H groups in total. The smallest absolute Gasteiger partial charge is 0.187 e. The fraction of sp³-hybridized carbons (Fsp3) is 0.889. The van der Waals surface area contributed by atoms with Crippen LogP contribution in [0.5, 0.6) is 0 Å². The summed E-state index contributed by atoms with van der Waals surface area (Å²) in [4.78, 5) is 12.9. The van der Waals surface area contributed by atoms with Crippen LogP contribution in [0.15, 0.2) is 12.2 Å². The van der Waals surface area contributed by atoms with Crippen molar-refractivity contribution < 1.29 is 69.7 Å². The van der Waals surface area contributed by atoms with Gasteiger partial charge in [-0.25, -0.2) is 0 Å². The van der Waals surface area contributed by atoms with Crippen molar-refractivity contribution in [2.24, 2.45) is 11.8 Å². The maximum atomic E-state index is 12.9. The Kier molecular flexibility index (Phi) is 11.3. The molecule has 14 nitrogen and oxygen atoms in total. The zero-order valence-corrected chi connectivity index (χ0v) is 22.9. The molecule has 4 rings (SSSR count). The van der Waals surface area contributed by atoms with Gasteiger partial charge in [0.25, 0.3) is 0 Å². The molecule has 0 aromatic carbocycles. The first-order valence-corrected chi connectivity index (χ1v) is 14.3. The summed E-state index contributed by atoms with van der Waals surface area (Å²) in [5, 5.41) is 92.5. The van der Waals surface area contributed by atoms with Crippen LogP contribution in [0.1, 0.15) is 45.4 Å². The van der Waals surface area contributed by atoms with Crippen LogP contribution in [-0.4, -0.2) is 144 Å². The van der Waals surface area contributed by atoms with Gasteiger partial charge in [-0.2, -0.15) is 0 Å². The van der Waals surface area contributed by atoms with Crippen LogP contribution in [-0.2, 0) is 23.7 Å². The molecule has 4 aliphatic rings. The maximum Gasteiger partial charge on any atom is 0.187 e. The fourth-order valence-electron chi connectivity index (χ4n) is 6.09. The van der Waals surface area contributed by atoms with Gasteiger partial charge in [-0.1, -0.05) is 6.08 Å². The third-order valence-corrected chi connectivity index (χ3v) is 8.69. The lowest BCUT2D eigenvalue weighted by Gasteiger charge is -2.47. The second-order valence-electron chi connectivity index (χ2n) is 11.7. The minimum Gasteiger partial charge on any atom is -0.394 e. The summed E-state index contributed by atoms with van der Waals surface area (Å²) < 4.78 is 22.7. The molecule has 236 valence electrons. The second-order valence-corrected chi connectivity index (χ2v) is 11.7. The van der Waals surface area contributed by atoms with E-state index in [0.29, 0.717) is 12.8 Å². The lowest BCUT2D eigenvalue weighted by Crippen LogP contribution is -2.64. The lowest BCUT2D eigenvalue weighted by molar-refractivity contribution is -0.371. The standard InChI is InChI=1S/C27H44O14/c1-11-20(33)22(35)24(37)26(38-11)41-25-23(36)21(34)18(10-28)40-27(25)39-14-8-16(31)19(17(32)9-14)15(30)7-4-12-2-5-13(29)6-3-12/h4,7,11-14,16-29,31-37H,2-3,5-6,8-10H2,1H3/b7-4+/t11-,12?,13?,14?,16?,17?,18+,19?,20-,21+,22+,23-,24+,25+,26-,27+/m0/s1. The third kappa shape index (κ3) is 7.52. The van der Waals surface area contributed by atoms with Gasteiger partial charge >= 0.3 is 0 Å². The Balaban J connectivity index is 1.41. The molecule has 2 heterocycles. The van der Waals surface area contributed by atoms with Gasteiger partial charge in [0, 0.05) is 12.8 Å². The van der Waals surface area contributed by atoms with E-state index in [2.05, 4.69) is 0 Å². The number of aliphatic hydroxyl groups excluding tert-OH is 9. The Hall–Kier alpha value is -1.11. The second kappa shape index (κ2) is 14.1. The molecule has 2 aliphatic carbocycles. The molecule has 0 aromatic heterocycles. The molecule has 4 fully saturated rings. The van der Waals surface area contributed by atoms with Gasteiger partial charge in [0.15, 0.2) is 18.4 Å². The van der Waals surface area contributed by atoms with Crippen molar-refractivity contribution in [3.05, 3.63) is 12.2 Å². The molecule has 2 saturated heterocycles. The van der Waals surface area contributed by atoms with Crippen molar-refractivity contribution in [2.75, 3.05) is 6.61 Å². The number of carbonyl (C=O) groups is 1. The Bertz CT molecular complexity index is 868. The minimum absolute atomic E-state index is 0.0869. The van der Waals surface area contributed by atoms with E-state index >= 15 is 0 Å². The first kappa shape index (κ1) is 32.8. The highest BCUT2D eigenvalue weighted by molar-refractivity contribution is 5.92. The Morgan fingerprint density at radius 1 is 0.780 bits per heavy atom. The molecule has 12 atom stereocenters. The van der Waals surface area contributed by atoms with E-state index < -0.39 is 98.0 Å². The van der Waals surface area contributed by atoms with E-state index in [9.17, 15) is 50.8 Å². The molecule has 0 spiro atoms. The van der Waals surface area contributed by atoms with Crippen LogP contribution in [0.25, 0.3) is 0 Å². The zero-order valence-electron chi connectivity index (χ0n) is 22.9. The Morgan fingerprint density at radius 2 is 1.41 bits per heavy atom. The largest absolute Gasteiger partial charge is 0.394 e. The minimum atomic E-state index is -1.72. The van der Waals surface area contributed by atoms with Gasteiger partial charge in [0.2, 0.25) is 0 Å². The van der Waals surface area contributed by atoms with Gasteiger partial charge in [-0.15, -0.1) is 0 Å². The van der Waals surface area contributed by atoms with Gasteiger partial charge in [-0.3, -0.25) is 4.79 Å². The average molecular weight is 593 g/mol. The van der Waals surface area contributed by atoms with Gasteiger partial charge in [-0.05, 0) is 44.6 Å². The first-order chi connectivity index (χ1) is 19.4. The van der Waals surface area contributed by atoms with Crippen molar-refractivity contribution in [2.45, 2.75) is 131 Å². The monoisotopic (exact) mass is 592 g/mol. The first-order valence-electron chi connectivity index (χ1n) is 14.3. The summed E-state index contributed by atoms with van der Waals surface area (Å²) in [7, 11) is 0. The molecule has 0 bridgehead atoms. The molecule has 2 unspecified atom stereocenters. The number of allylic oxidation sites excluding steroid dienone is 2. The molecule has 2 saturated carbocycles. The lowest BCUT2D eigenvalue weighted by atomic mass is 9.79. The number of ketones is 1. The highest BCUT2D eigenvalue weighted by Crippen LogP contribution is 2.34. The SMILES string of the molecule is C[C@@H]1O[C@@H](O[C@H]2[C@H](OC3CC(O)C(C(=O)/C=C/C4CCC(O)CC4)C(O)C3)O[C@H](CO)[C@@H](O)[C@@H]2O)[C@H](O)[C@H](O)[C@H]1O. The van der Waals surface area contributed by atoms with Gasteiger partial charge < -0.3 is 64.9 Å². The summed E-state index contributed by atoms with van der Waals surface area (Å²) in [6.07, 6.45) is -12.9. The van der Waals surface area contributed by atoms with Crippen molar-refractivity contribution in [3.63, 3.8) is 0 Å². The Morgan fingerprint density at radius 3 is 2.02 bits per heavy atom. The van der Waals surface area contributed by atoms with Crippen molar-refractivity contribution in [1.82, 2.24) is 0 Å². The molecule has 41 heavy (non-hydrogen) atoms. The van der Waals surface area contributed by atoms with Crippen LogP contribution in [0.3, 0.4) is 0 Å². The molecule has 2 aliphatic heterocycles. The summed E-state index contributed by atoms with van der Waals surface area (Å²) in [5.41, 5.74) is 0. The summed E-state index contributed by atoms with van der Waals surface area (Å²) in [5.74, 6) is -1.38. The van der Waals surface area contributed by atoms with Crippen LogP contribution < -0.4 is 0 Å². The molecular formula is C27H44O14. The van der Waals surface area contributed by atoms with E-state index in [1.165, 1.54) is 13.0 Å². The highest BCUT2D eigenvalue weighted by Gasteiger charge is 2.51. The zero-order chi connectivity index (χ0) is 30.0. The molecule has 14 heteroatoms. The third-order valence-electron chi connectivity index (χ3n) is 8.69. The van der Waals surface area contributed by atoms with E-state index in [4.69, 9.17) is 18.9 Å². The van der Waals surface area contributed by atoms with Crippen molar-refractivity contribution >= 4 is 5.78 Å². The van der Waals surface area contributed by atoms with Crippen molar-refractivity contribution in [3.8, 4) is 0 Å². The fourth-order valence-corrected chi connectivity index (χ4v) is 6.09. The number of aliphatic hydroxyl groups is 9. The van der Waals surface area contributed by atoms with Gasteiger partial charge in [0.1, 0.15) is 42.7 Å². The molecule has 0 amide bonds. The summed E-state index contributed by atoms with van der Waals surface area (Å²) in [6.45, 7) is 0.750. The molecular weight excluding hydrogens is 548 g/mol. The number of ether oxygens (including phenoxy) is 4. The van der Waals surface area contributed by atoms with E-state index in [-0.39, 0.29) is 24.9 Å². The number of rotatable bonds is 8. The van der Waals surface area contributed by atoms with E-state index in [0.717, 1.165) is 12.8 Å².